The fraction of sp³-hybridized carbons (Fsp3) is 0.391. The molecule has 4 rings (SSSR count). The third kappa shape index (κ3) is 3.11. The van der Waals surface area contributed by atoms with Crippen LogP contribution in [0, 0.1) is 20.8 Å². The van der Waals surface area contributed by atoms with Crippen LogP contribution in [0.4, 0.5) is 0 Å². The summed E-state index contributed by atoms with van der Waals surface area (Å²) in [5.74, 6) is 1.94. The fourth-order valence-electron chi connectivity index (χ4n) is 4.17. The van der Waals surface area contributed by atoms with Crippen molar-refractivity contribution in [3.63, 3.8) is 0 Å². The van der Waals surface area contributed by atoms with Crippen molar-refractivity contribution in [1.82, 2.24) is 0 Å². The maximum Gasteiger partial charge on any atom is 0.152 e. The average Bonchev–Trinajstić information content (AvgIpc) is 3.33. The average molecular weight is 334 g/mol. The summed E-state index contributed by atoms with van der Waals surface area (Å²) in [7, 11) is 0. The Balaban J connectivity index is 1.73. The topological polar surface area (TPSA) is 21.8 Å². The Hall–Kier alpha value is -2.06. The lowest BCUT2D eigenvalue weighted by Gasteiger charge is -2.23. The zero-order valence-corrected chi connectivity index (χ0v) is 15.3. The largest absolute Gasteiger partial charge is 0.458 e. The Kier molecular flexibility index (Phi) is 4.16. The van der Waals surface area contributed by atoms with Gasteiger partial charge >= 0.3 is 0 Å². The Morgan fingerprint density at radius 2 is 1.80 bits per heavy atom. The van der Waals surface area contributed by atoms with E-state index in [0.29, 0.717) is 6.10 Å². The molecule has 1 aliphatic carbocycles. The highest BCUT2D eigenvalue weighted by Crippen LogP contribution is 2.53. The second-order valence-electron chi connectivity index (χ2n) is 7.49. The van der Waals surface area contributed by atoms with Crippen LogP contribution in [0.15, 0.2) is 48.2 Å². The quantitative estimate of drug-likeness (QED) is 0.525. The Labute approximate surface area is 150 Å². The zero-order valence-electron chi connectivity index (χ0n) is 15.3. The summed E-state index contributed by atoms with van der Waals surface area (Å²) in [6.45, 7) is 6.38. The van der Waals surface area contributed by atoms with Gasteiger partial charge in [0, 0.05) is 0 Å². The SMILES string of the molecule is Cc1cc(C)c(O/C(=C\c2ccccc2)[C@]23CCCC[C@H]2O3)c(C)c1. The first-order valence-electron chi connectivity index (χ1n) is 9.29. The lowest BCUT2D eigenvalue weighted by atomic mass is 9.87. The van der Waals surface area contributed by atoms with Gasteiger partial charge in [0.15, 0.2) is 5.60 Å². The molecule has 1 saturated carbocycles. The molecule has 1 saturated heterocycles. The molecule has 0 unspecified atom stereocenters. The van der Waals surface area contributed by atoms with Crippen LogP contribution in [0.3, 0.4) is 0 Å². The predicted molar refractivity (Wildman–Crippen MR) is 102 cm³/mol. The van der Waals surface area contributed by atoms with E-state index >= 15 is 0 Å². The minimum absolute atomic E-state index is 0.210. The maximum atomic E-state index is 6.56. The van der Waals surface area contributed by atoms with Gasteiger partial charge in [0.25, 0.3) is 0 Å². The van der Waals surface area contributed by atoms with Crippen molar-refractivity contribution in [3.05, 3.63) is 70.5 Å². The lowest BCUT2D eigenvalue weighted by Crippen LogP contribution is -2.25. The van der Waals surface area contributed by atoms with Crippen LogP contribution in [0.1, 0.15) is 47.9 Å². The first-order chi connectivity index (χ1) is 12.1. The Bertz CT molecular complexity index is 783. The summed E-state index contributed by atoms with van der Waals surface area (Å²) in [5.41, 5.74) is 4.58. The van der Waals surface area contributed by atoms with Crippen LogP contribution in [0.2, 0.25) is 0 Å². The van der Waals surface area contributed by atoms with Crippen molar-refractivity contribution in [1.29, 1.82) is 0 Å². The van der Waals surface area contributed by atoms with Gasteiger partial charge < -0.3 is 9.47 Å². The number of epoxide rings is 1. The second kappa shape index (κ2) is 6.34. The van der Waals surface area contributed by atoms with Crippen LogP contribution in [0.5, 0.6) is 5.75 Å². The smallest absolute Gasteiger partial charge is 0.152 e. The van der Waals surface area contributed by atoms with Gasteiger partial charge in [0.05, 0.1) is 6.10 Å². The molecule has 25 heavy (non-hydrogen) atoms. The molecular weight excluding hydrogens is 308 g/mol. The maximum absolute atomic E-state index is 6.56. The van der Waals surface area contributed by atoms with E-state index in [2.05, 4.69) is 63.2 Å². The monoisotopic (exact) mass is 334 g/mol. The standard InChI is InChI=1S/C23H26O2/c1-16-13-17(2)22(18(3)14-16)24-21(15-19-9-5-4-6-10-19)23-12-8-7-11-20(23)25-23/h4-6,9-10,13-15,20H,7-8,11-12H2,1-3H3/b21-15-/t20-,23+/m1/s1. The molecular formula is C23H26O2. The Morgan fingerprint density at radius 1 is 1.08 bits per heavy atom. The summed E-state index contributed by atoms with van der Waals surface area (Å²) in [6.07, 6.45) is 7.15. The van der Waals surface area contributed by atoms with Gasteiger partial charge in [-0.25, -0.2) is 0 Å². The first kappa shape index (κ1) is 16.4. The molecule has 0 amide bonds. The molecule has 0 radical (unpaired) electrons. The normalized spacial score (nSPS) is 25.4. The summed E-state index contributed by atoms with van der Waals surface area (Å²) < 4.78 is 12.7. The molecule has 0 bridgehead atoms. The summed E-state index contributed by atoms with van der Waals surface area (Å²) in [5, 5.41) is 0. The number of hydrogen-bond donors (Lipinski definition) is 0. The molecule has 2 aromatic carbocycles. The fourth-order valence-corrected chi connectivity index (χ4v) is 4.17. The van der Waals surface area contributed by atoms with E-state index in [-0.39, 0.29) is 5.60 Å². The van der Waals surface area contributed by atoms with Crippen molar-refractivity contribution < 1.29 is 9.47 Å². The third-order valence-corrected chi connectivity index (χ3v) is 5.41. The molecule has 0 N–H and O–H groups in total. The highest BCUT2D eigenvalue weighted by molar-refractivity contribution is 5.57. The minimum Gasteiger partial charge on any atom is -0.458 e. The summed E-state index contributed by atoms with van der Waals surface area (Å²) in [6, 6.07) is 14.8. The van der Waals surface area contributed by atoms with Gasteiger partial charge in [-0.2, -0.15) is 0 Å². The molecule has 130 valence electrons. The first-order valence-corrected chi connectivity index (χ1v) is 9.29. The van der Waals surface area contributed by atoms with E-state index in [9.17, 15) is 0 Å². The van der Waals surface area contributed by atoms with Crippen LogP contribution in [0.25, 0.3) is 6.08 Å². The van der Waals surface area contributed by atoms with Crippen LogP contribution in [-0.2, 0) is 4.74 Å². The second-order valence-corrected chi connectivity index (χ2v) is 7.49. The van der Waals surface area contributed by atoms with Crippen molar-refractivity contribution in [2.24, 2.45) is 0 Å². The van der Waals surface area contributed by atoms with Gasteiger partial charge in [0.2, 0.25) is 0 Å². The van der Waals surface area contributed by atoms with E-state index in [1.807, 2.05) is 6.07 Å². The molecule has 1 heterocycles. The Morgan fingerprint density at radius 3 is 2.48 bits per heavy atom. The molecule has 0 spiro atoms. The highest BCUT2D eigenvalue weighted by Gasteiger charge is 2.61. The number of aryl methyl sites for hydroxylation is 3. The van der Waals surface area contributed by atoms with Crippen LogP contribution in [-0.4, -0.2) is 11.7 Å². The lowest BCUT2D eigenvalue weighted by molar-refractivity contribution is 0.249. The van der Waals surface area contributed by atoms with Gasteiger partial charge in [0.1, 0.15) is 11.5 Å². The number of hydrogen-bond acceptors (Lipinski definition) is 2. The summed E-state index contributed by atoms with van der Waals surface area (Å²) in [4.78, 5) is 0. The molecule has 1 aliphatic heterocycles. The molecule has 2 aliphatic rings. The third-order valence-electron chi connectivity index (χ3n) is 5.41. The molecule has 2 nitrogen and oxygen atoms in total. The number of rotatable bonds is 4. The van der Waals surface area contributed by atoms with E-state index in [1.165, 1.54) is 29.5 Å². The van der Waals surface area contributed by atoms with Crippen molar-refractivity contribution in [3.8, 4) is 5.75 Å². The number of benzene rings is 2. The summed E-state index contributed by atoms with van der Waals surface area (Å²) >= 11 is 0. The number of fused-ring (bicyclic) bond motifs is 1. The van der Waals surface area contributed by atoms with Crippen LogP contribution >= 0.6 is 0 Å². The predicted octanol–water partition coefficient (Wildman–Crippen LogP) is 5.74. The van der Waals surface area contributed by atoms with E-state index in [1.54, 1.807) is 0 Å². The van der Waals surface area contributed by atoms with Crippen molar-refractivity contribution >= 4 is 6.08 Å². The molecule has 2 heteroatoms. The van der Waals surface area contributed by atoms with E-state index < -0.39 is 0 Å². The molecule has 0 aromatic heterocycles. The van der Waals surface area contributed by atoms with E-state index in [0.717, 1.165) is 29.9 Å². The van der Waals surface area contributed by atoms with Crippen molar-refractivity contribution in [2.45, 2.75) is 58.2 Å². The molecule has 2 fully saturated rings. The van der Waals surface area contributed by atoms with Crippen LogP contribution < -0.4 is 4.74 Å². The molecule has 2 aromatic rings. The highest BCUT2D eigenvalue weighted by atomic mass is 16.6. The van der Waals surface area contributed by atoms with Gasteiger partial charge in [-0.15, -0.1) is 0 Å². The number of ether oxygens (including phenoxy) is 2. The van der Waals surface area contributed by atoms with E-state index in [4.69, 9.17) is 9.47 Å². The van der Waals surface area contributed by atoms with Gasteiger partial charge in [-0.05, 0) is 62.8 Å². The van der Waals surface area contributed by atoms with Gasteiger partial charge in [-0.3, -0.25) is 0 Å². The zero-order chi connectivity index (χ0) is 17.4. The minimum atomic E-state index is -0.210. The van der Waals surface area contributed by atoms with Crippen molar-refractivity contribution in [2.75, 3.05) is 0 Å². The molecule has 2 atom stereocenters. The van der Waals surface area contributed by atoms with Gasteiger partial charge in [-0.1, -0.05) is 54.4 Å².